The summed E-state index contributed by atoms with van der Waals surface area (Å²) in [6.07, 6.45) is 3.06. The Hall–Kier alpha value is -2.70. The number of nitrogens with one attached hydrogen (secondary N) is 1. The first-order chi connectivity index (χ1) is 9.91. The molecule has 1 N–H and O–H groups in total. The summed E-state index contributed by atoms with van der Waals surface area (Å²) in [4.78, 5) is 28.0. The van der Waals surface area contributed by atoms with E-state index in [4.69, 9.17) is 0 Å². The number of non-ortho nitro benzene ring substituents is 1. The van der Waals surface area contributed by atoms with Crippen molar-refractivity contribution in [3.8, 4) is 0 Å². The second-order valence-electron chi connectivity index (χ2n) is 4.91. The number of nitrogens with zero attached hydrogens (tertiary/aromatic N) is 3. The van der Waals surface area contributed by atoms with Crippen molar-refractivity contribution in [2.45, 2.75) is 13.0 Å². The van der Waals surface area contributed by atoms with Gasteiger partial charge in [-0.3, -0.25) is 19.9 Å². The van der Waals surface area contributed by atoms with Gasteiger partial charge in [-0.15, -0.1) is 0 Å². The van der Waals surface area contributed by atoms with E-state index in [1.807, 2.05) is 0 Å². The van der Waals surface area contributed by atoms with Gasteiger partial charge in [-0.25, -0.2) is 0 Å². The molecule has 0 saturated carbocycles. The number of amides is 1. The lowest BCUT2D eigenvalue weighted by Crippen LogP contribution is -2.36. The van der Waals surface area contributed by atoms with Crippen LogP contribution in [0.25, 0.3) is 10.8 Å². The normalized spacial score (nSPS) is 12.0. The lowest BCUT2D eigenvalue weighted by Gasteiger charge is -2.19. The first-order valence-corrected chi connectivity index (χ1v) is 6.40. The molecule has 7 nitrogen and oxygen atoms in total. The number of benzene rings is 1. The van der Waals surface area contributed by atoms with E-state index in [0.29, 0.717) is 16.5 Å². The minimum absolute atomic E-state index is 0.0181. The summed E-state index contributed by atoms with van der Waals surface area (Å²) in [7, 11) is 3.35. The Balaban J connectivity index is 2.45. The summed E-state index contributed by atoms with van der Waals surface area (Å²) in [5.74, 6) is -0.0783. The first-order valence-electron chi connectivity index (χ1n) is 6.40. The Labute approximate surface area is 121 Å². The largest absolute Gasteiger partial charge is 0.373 e. The SMILES string of the molecule is CC(Nc1ccc([N+](=O)[O-])c2ccncc12)C(=O)N(C)C. The highest BCUT2D eigenvalue weighted by molar-refractivity contribution is 6.00. The number of rotatable bonds is 4. The molecule has 0 aliphatic heterocycles. The molecule has 1 aromatic carbocycles. The predicted molar refractivity (Wildman–Crippen MR) is 80.2 cm³/mol. The fourth-order valence-corrected chi connectivity index (χ4v) is 2.14. The number of pyridine rings is 1. The Morgan fingerprint density at radius 3 is 2.67 bits per heavy atom. The van der Waals surface area contributed by atoms with Crippen LogP contribution < -0.4 is 5.32 Å². The third-order valence-electron chi connectivity index (χ3n) is 3.17. The summed E-state index contributed by atoms with van der Waals surface area (Å²) in [5.41, 5.74) is 0.663. The van der Waals surface area contributed by atoms with Crippen molar-refractivity contribution in [1.82, 2.24) is 9.88 Å². The number of hydrogen-bond donors (Lipinski definition) is 1. The molecule has 0 radical (unpaired) electrons. The zero-order valence-electron chi connectivity index (χ0n) is 12.0. The number of anilines is 1. The summed E-state index contributed by atoms with van der Waals surface area (Å²) in [5, 5.41) is 15.2. The molecule has 0 bridgehead atoms. The van der Waals surface area contributed by atoms with Crippen molar-refractivity contribution >= 4 is 28.1 Å². The number of aromatic nitrogens is 1. The molecular formula is C14H16N4O3. The Morgan fingerprint density at radius 1 is 1.33 bits per heavy atom. The second-order valence-corrected chi connectivity index (χ2v) is 4.91. The molecule has 0 fully saturated rings. The highest BCUT2D eigenvalue weighted by Crippen LogP contribution is 2.31. The minimum atomic E-state index is -0.440. The summed E-state index contributed by atoms with van der Waals surface area (Å²) >= 11 is 0. The van der Waals surface area contributed by atoms with E-state index in [-0.39, 0.29) is 11.6 Å². The highest BCUT2D eigenvalue weighted by Gasteiger charge is 2.18. The van der Waals surface area contributed by atoms with Gasteiger partial charge in [0, 0.05) is 43.6 Å². The standard InChI is InChI=1S/C14H16N4O3/c1-9(14(19)17(2)3)16-12-4-5-13(18(20)21)10-6-7-15-8-11(10)12/h4-9,16H,1-3H3. The van der Waals surface area contributed by atoms with Crippen LogP contribution in [-0.2, 0) is 4.79 Å². The van der Waals surface area contributed by atoms with Gasteiger partial charge in [0.15, 0.2) is 0 Å². The van der Waals surface area contributed by atoms with Gasteiger partial charge in [-0.2, -0.15) is 0 Å². The van der Waals surface area contributed by atoms with Crippen molar-refractivity contribution in [1.29, 1.82) is 0 Å². The maximum Gasteiger partial charge on any atom is 0.277 e. The van der Waals surface area contributed by atoms with Gasteiger partial charge < -0.3 is 10.2 Å². The fraction of sp³-hybridized carbons (Fsp3) is 0.286. The number of fused-ring (bicyclic) bond motifs is 1. The monoisotopic (exact) mass is 288 g/mol. The maximum atomic E-state index is 11.9. The second kappa shape index (κ2) is 5.74. The van der Waals surface area contributed by atoms with E-state index in [2.05, 4.69) is 10.3 Å². The third kappa shape index (κ3) is 2.91. The van der Waals surface area contributed by atoms with E-state index < -0.39 is 11.0 Å². The number of nitro benzene ring substituents is 1. The molecule has 0 aliphatic carbocycles. The number of hydrogen-bond acceptors (Lipinski definition) is 5. The molecule has 1 heterocycles. The molecule has 2 aromatic rings. The lowest BCUT2D eigenvalue weighted by molar-refractivity contribution is -0.383. The lowest BCUT2D eigenvalue weighted by atomic mass is 10.1. The minimum Gasteiger partial charge on any atom is -0.373 e. The van der Waals surface area contributed by atoms with Crippen LogP contribution in [0.4, 0.5) is 11.4 Å². The van der Waals surface area contributed by atoms with E-state index in [9.17, 15) is 14.9 Å². The quantitative estimate of drug-likeness (QED) is 0.687. The van der Waals surface area contributed by atoms with Crippen LogP contribution in [0.3, 0.4) is 0 Å². The molecule has 110 valence electrons. The molecular weight excluding hydrogens is 272 g/mol. The summed E-state index contributed by atoms with van der Waals surface area (Å²) in [6, 6.07) is 4.18. The van der Waals surface area contributed by atoms with Crippen LogP contribution in [0, 0.1) is 10.1 Å². The molecule has 7 heteroatoms. The number of carbonyl (C=O) groups is 1. The van der Waals surface area contributed by atoms with Crippen LogP contribution in [-0.4, -0.2) is 40.9 Å². The van der Waals surface area contributed by atoms with E-state index in [1.165, 1.54) is 17.2 Å². The first kappa shape index (κ1) is 14.7. The number of carbonyl (C=O) groups excluding carboxylic acids is 1. The molecule has 1 atom stereocenters. The molecule has 1 amide bonds. The van der Waals surface area contributed by atoms with Crippen LogP contribution in [0.2, 0.25) is 0 Å². The van der Waals surface area contributed by atoms with Crippen molar-refractivity contribution < 1.29 is 9.72 Å². The summed E-state index contributed by atoms with van der Waals surface area (Å²) in [6.45, 7) is 1.74. The Kier molecular flexibility index (Phi) is 4.02. The van der Waals surface area contributed by atoms with Crippen molar-refractivity contribution in [2.24, 2.45) is 0 Å². The van der Waals surface area contributed by atoms with Crippen LogP contribution in [0.15, 0.2) is 30.6 Å². The topological polar surface area (TPSA) is 88.4 Å². The number of likely N-dealkylation sites (N-methyl/N-ethyl adjacent to an activating group) is 1. The number of nitro groups is 1. The Morgan fingerprint density at radius 2 is 2.05 bits per heavy atom. The van der Waals surface area contributed by atoms with Gasteiger partial charge in [-0.1, -0.05) is 0 Å². The van der Waals surface area contributed by atoms with Crippen molar-refractivity contribution in [3.63, 3.8) is 0 Å². The molecule has 0 saturated heterocycles. The Bertz CT molecular complexity index is 700. The maximum absolute atomic E-state index is 11.9. The highest BCUT2D eigenvalue weighted by atomic mass is 16.6. The van der Waals surface area contributed by atoms with Crippen molar-refractivity contribution in [3.05, 3.63) is 40.7 Å². The molecule has 1 aromatic heterocycles. The summed E-state index contributed by atoms with van der Waals surface area (Å²) < 4.78 is 0. The van der Waals surface area contributed by atoms with Crippen LogP contribution in [0.1, 0.15) is 6.92 Å². The molecule has 21 heavy (non-hydrogen) atoms. The zero-order valence-corrected chi connectivity index (χ0v) is 12.0. The van der Waals surface area contributed by atoms with E-state index in [1.54, 1.807) is 39.3 Å². The molecule has 1 unspecified atom stereocenters. The van der Waals surface area contributed by atoms with Gasteiger partial charge in [0.25, 0.3) is 5.69 Å². The fourth-order valence-electron chi connectivity index (χ4n) is 2.14. The van der Waals surface area contributed by atoms with Gasteiger partial charge in [0.05, 0.1) is 10.3 Å². The van der Waals surface area contributed by atoms with Gasteiger partial charge in [-0.05, 0) is 19.1 Å². The van der Waals surface area contributed by atoms with Crippen LogP contribution >= 0.6 is 0 Å². The van der Waals surface area contributed by atoms with Crippen LogP contribution in [0.5, 0.6) is 0 Å². The molecule has 0 spiro atoms. The van der Waals surface area contributed by atoms with Crippen molar-refractivity contribution in [2.75, 3.05) is 19.4 Å². The zero-order chi connectivity index (χ0) is 15.6. The van der Waals surface area contributed by atoms with Gasteiger partial charge in [0.2, 0.25) is 5.91 Å². The van der Waals surface area contributed by atoms with E-state index in [0.717, 1.165) is 0 Å². The predicted octanol–water partition coefficient (Wildman–Crippen LogP) is 2.03. The average Bonchev–Trinajstić information content (AvgIpc) is 2.46. The van der Waals surface area contributed by atoms with Gasteiger partial charge >= 0.3 is 0 Å². The third-order valence-corrected chi connectivity index (χ3v) is 3.17. The molecule has 2 rings (SSSR count). The van der Waals surface area contributed by atoms with E-state index >= 15 is 0 Å². The molecule has 0 aliphatic rings. The van der Waals surface area contributed by atoms with Gasteiger partial charge in [0.1, 0.15) is 6.04 Å². The smallest absolute Gasteiger partial charge is 0.277 e. The average molecular weight is 288 g/mol.